The van der Waals surface area contributed by atoms with E-state index in [1.807, 2.05) is 13.8 Å². The van der Waals surface area contributed by atoms with Gasteiger partial charge in [0.15, 0.2) is 11.5 Å². The fraction of sp³-hybridized carbons (Fsp3) is 0.227. The van der Waals surface area contributed by atoms with Gasteiger partial charge in [-0.2, -0.15) is 0 Å². The van der Waals surface area contributed by atoms with Crippen LogP contribution in [0.5, 0.6) is 17.2 Å². The second kappa shape index (κ2) is 9.13. The first-order valence-electron chi connectivity index (χ1n) is 9.43. The molecule has 0 unspecified atom stereocenters. The van der Waals surface area contributed by atoms with Gasteiger partial charge in [0, 0.05) is 0 Å². The molecule has 0 saturated carbocycles. The molecule has 3 rings (SSSR count). The van der Waals surface area contributed by atoms with Crippen LogP contribution in [0.4, 0.5) is 10.5 Å². The summed E-state index contributed by atoms with van der Waals surface area (Å²) in [5.41, 5.74) is 0.702. The number of methoxy groups -OCH3 is 1. The molecule has 1 heterocycles. The van der Waals surface area contributed by atoms with E-state index >= 15 is 0 Å². The van der Waals surface area contributed by atoms with Crippen LogP contribution in [0.2, 0.25) is 0 Å². The maximum Gasteiger partial charge on any atom is 0.335 e. The molecule has 1 N–H and O–H groups in total. The lowest BCUT2D eigenvalue weighted by atomic mass is 10.1. The molecule has 0 aromatic heterocycles. The topological polar surface area (TPSA) is 94.2 Å². The first-order valence-corrected chi connectivity index (χ1v) is 9.43. The highest BCUT2D eigenvalue weighted by Crippen LogP contribution is 2.30. The molecular formula is C22H22N2O6. The number of benzene rings is 2. The summed E-state index contributed by atoms with van der Waals surface area (Å²) in [6.45, 7) is 4.67. The second-order valence-electron chi connectivity index (χ2n) is 6.23. The minimum atomic E-state index is -0.810. The Morgan fingerprint density at radius 2 is 1.63 bits per heavy atom. The maximum atomic E-state index is 13.0. The molecule has 0 atom stereocenters. The molecule has 0 radical (unpaired) electrons. The Morgan fingerprint density at radius 1 is 0.933 bits per heavy atom. The van der Waals surface area contributed by atoms with Crippen LogP contribution in [-0.2, 0) is 9.59 Å². The predicted octanol–water partition coefficient (Wildman–Crippen LogP) is 3.16. The Balaban J connectivity index is 1.94. The van der Waals surface area contributed by atoms with Crippen molar-refractivity contribution >= 4 is 29.6 Å². The molecule has 8 heteroatoms. The molecule has 0 spiro atoms. The highest BCUT2D eigenvalue weighted by molar-refractivity contribution is 6.39. The molecule has 1 saturated heterocycles. The van der Waals surface area contributed by atoms with E-state index in [1.54, 1.807) is 42.5 Å². The maximum absolute atomic E-state index is 13.0. The predicted molar refractivity (Wildman–Crippen MR) is 111 cm³/mol. The van der Waals surface area contributed by atoms with Crippen LogP contribution >= 0.6 is 0 Å². The number of hydrogen-bond acceptors (Lipinski definition) is 6. The van der Waals surface area contributed by atoms with Gasteiger partial charge < -0.3 is 14.2 Å². The highest BCUT2D eigenvalue weighted by atomic mass is 16.5. The second-order valence-corrected chi connectivity index (χ2v) is 6.23. The normalized spacial score (nSPS) is 15.2. The van der Waals surface area contributed by atoms with Crippen molar-refractivity contribution in [2.24, 2.45) is 0 Å². The number of nitrogens with one attached hydrogen (secondary N) is 1. The zero-order valence-electron chi connectivity index (χ0n) is 16.9. The summed E-state index contributed by atoms with van der Waals surface area (Å²) in [5, 5.41) is 2.20. The van der Waals surface area contributed by atoms with Crippen molar-refractivity contribution in [3.05, 3.63) is 53.6 Å². The van der Waals surface area contributed by atoms with E-state index in [4.69, 9.17) is 14.2 Å². The number of carbonyl (C=O) groups excluding carboxylic acids is 3. The molecule has 2 aromatic carbocycles. The number of imide groups is 2. The van der Waals surface area contributed by atoms with Crippen LogP contribution in [0.3, 0.4) is 0 Å². The molecule has 8 nitrogen and oxygen atoms in total. The van der Waals surface area contributed by atoms with Gasteiger partial charge in [0.2, 0.25) is 0 Å². The molecular weight excluding hydrogens is 388 g/mol. The van der Waals surface area contributed by atoms with E-state index in [2.05, 4.69) is 5.32 Å². The third kappa shape index (κ3) is 4.27. The van der Waals surface area contributed by atoms with Gasteiger partial charge in [0.1, 0.15) is 11.3 Å². The minimum Gasteiger partial charge on any atom is -0.494 e. The van der Waals surface area contributed by atoms with Gasteiger partial charge in [-0.15, -0.1) is 0 Å². The van der Waals surface area contributed by atoms with Crippen molar-refractivity contribution in [3.8, 4) is 17.2 Å². The fourth-order valence-electron chi connectivity index (χ4n) is 2.97. The van der Waals surface area contributed by atoms with Gasteiger partial charge in [-0.05, 0) is 61.9 Å². The van der Waals surface area contributed by atoms with E-state index in [0.717, 1.165) is 4.90 Å². The molecule has 4 amide bonds. The number of amides is 4. The minimum absolute atomic E-state index is 0.172. The van der Waals surface area contributed by atoms with Crippen LogP contribution < -0.4 is 24.4 Å². The van der Waals surface area contributed by atoms with Crippen LogP contribution in [0.1, 0.15) is 19.4 Å². The standard InChI is InChI=1S/C22H22N2O6/c1-4-29-16-9-7-15(8-10-16)24-21(26)17(20(25)23-22(24)27)12-14-6-11-18(30-5-2)19(13-14)28-3/h6-13H,4-5H2,1-3H3,(H,23,25,27). The first kappa shape index (κ1) is 20.9. The first-order chi connectivity index (χ1) is 14.5. The van der Waals surface area contributed by atoms with E-state index in [1.165, 1.54) is 13.2 Å². The van der Waals surface area contributed by atoms with E-state index in [9.17, 15) is 14.4 Å². The molecule has 2 aromatic rings. The molecule has 0 bridgehead atoms. The van der Waals surface area contributed by atoms with E-state index in [0.29, 0.717) is 41.7 Å². The summed E-state index contributed by atoms with van der Waals surface area (Å²) in [5.74, 6) is 0.141. The number of carbonyl (C=O) groups is 3. The van der Waals surface area contributed by atoms with Crippen LogP contribution in [0, 0.1) is 0 Å². The number of barbiturate groups is 1. The lowest BCUT2D eigenvalue weighted by molar-refractivity contribution is -0.122. The molecule has 30 heavy (non-hydrogen) atoms. The number of hydrogen-bond donors (Lipinski definition) is 1. The van der Waals surface area contributed by atoms with Crippen LogP contribution in [-0.4, -0.2) is 38.2 Å². The van der Waals surface area contributed by atoms with E-state index in [-0.39, 0.29) is 5.57 Å². The molecule has 1 aliphatic rings. The van der Waals surface area contributed by atoms with Crippen molar-refractivity contribution in [3.63, 3.8) is 0 Å². The average Bonchev–Trinajstić information content (AvgIpc) is 2.73. The van der Waals surface area contributed by atoms with Gasteiger partial charge in [-0.3, -0.25) is 14.9 Å². The van der Waals surface area contributed by atoms with Gasteiger partial charge >= 0.3 is 6.03 Å². The third-order valence-electron chi connectivity index (χ3n) is 4.31. The van der Waals surface area contributed by atoms with Gasteiger partial charge in [-0.25, -0.2) is 9.69 Å². The van der Waals surface area contributed by atoms with Crippen LogP contribution in [0.15, 0.2) is 48.0 Å². The van der Waals surface area contributed by atoms with E-state index < -0.39 is 17.8 Å². The van der Waals surface area contributed by atoms with Gasteiger partial charge in [-0.1, -0.05) is 6.07 Å². The largest absolute Gasteiger partial charge is 0.494 e. The summed E-state index contributed by atoms with van der Waals surface area (Å²) < 4.78 is 16.2. The lowest BCUT2D eigenvalue weighted by Crippen LogP contribution is -2.54. The highest BCUT2D eigenvalue weighted by Gasteiger charge is 2.36. The zero-order chi connectivity index (χ0) is 21.7. The number of urea groups is 1. The van der Waals surface area contributed by atoms with Crippen molar-refractivity contribution in [2.45, 2.75) is 13.8 Å². The third-order valence-corrected chi connectivity index (χ3v) is 4.31. The zero-order valence-corrected chi connectivity index (χ0v) is 16.9. The Labute approximate surface area is 174 Å². The SMILES string of the molecule is CCOc1ccc(N2C(=O)NC(=O)C(=Cc3ccc(OCC)c(OC)c3)C2=O)cc1. The average molecular weight is 410 g/mol. The fourth-order valence-corrected chi connectivity index (χ4v) is 2.97. The van der Waals surface area contributed by atoms with Gasteiger partial charge in [0.05, 0.1) is 26.0 Å². The summed E-state index contributed by atoms with van der Waals surface area (Å²) >= 11 is 0. The Kier molecular flexibility index (Phi) is 6.36. The van der Waals surface area contributed by atoms with Crippen molar-refractivity contribution in [1.29, 1.82) is 0 Å². The summed E-state index contributed by atoms with van der Waals surface area (Å²) in [6, 6.07) is 10.7. The monoisotopic (exact) mass is 410 g/mol. The number of nitrogens with zero attached hydrogens (tertiary/aromatic N) is 1. The van der Waals surface area contributed by atoms with Crippen molar-refractivity contribution in [1.82, 2.24) is 5.32 Å². The number of rotatable bonds is 7. The summed E-state index contributed by atoms with van der Waals surface area (Å²) in [7, 11) is 1.50. The molecule has 156 valence electrons. The van der Waals surface area contributed by atoms with Crippen LogP contribution in [0.25, 0.3) is 6.08 Å². The lowest BCUT2D eigenvalue weighted by Gasteiger charge is -2.26. The molecule has 1 fully saturated rings. The molecule has 1 aliphatic heterocycles. The molecule has 0 aliphatic carbocycles. The number of anilines is 1. The van der Waals surface area contributed by atoms with Crippen molar-refractivity contribution < 1.29 is 28.6 Å². The number of ether oxygens (including phenoxy) is 3. The summed E-state index contributed by atoms with van der Waals surface area (Å²) in [4.78, 5) is 38.5. The summed E-state index contributed by atoms with van der Waals surface area (Å²) in [6.07, 6.45) is 1.41. The Bertz CT molecular complexity index is 997. The smallest absolute Gasteiger partial charge is 0.335 e. The Morgan fingerprint density at radius 3 is 2.27 bits per heavy atom. The van der Waals surface area contributed by atoms with Crippen molar-refractivity contribution in [2.75, 3.05) is 25.2 Å². The van der Waals surface area contributed by atoms with Gasteiger partial charge in [0.25, 0.3) is 11.8 Å². The Hall–Kier alpha value is -3.81. The quantitative estimate of drug-likeness (QED) is 0.557.